The van der Waals surface area contributed by atoms with Crippen molar-refractivity contribution < 1.29 is 4.39 Å². The minimum Gasteiger partial charge on any atom is -0.358 e. The standard InChI is InChI=1S/C14H10ClFIN4P/c15-9-3-13(12(7-19)14(4-9)21-22-17)20-11-2-8(6-18)1-10(16)5-11/h1-5,7,19-22H. The number of hydrogen-bond donors (Lipinski definition) is 3. The van der Waals surface area contributed by atoms with Crippen molar-refractivity contribution in [1.29, 1.82) is 10.7 Å². The molecule has 2 rings (SSSR count). The maximum atomic E-state index is 13.5. The smallest absolute Gasteiger partial charge is 0.126 e. The Morgan fingerprint density at radius 1 is 1.27 bits per heavy atom. The van der Waals surface area contributed by atoms with Crippen molar-refractivity contribution in [3.63, 3.8) is 0 Å². The van der Waals surface area contributed by atoms with Crippen LogP contribution >= 0.6 is 40.0 Å². The molecule has 0 amide bonds. The van der Waals surface area contributed by atoms with E-state index in [2.05, 4.69) is 32.4 Å². The number of anilines is 3. The van der Waals surface area contributed by atoms with Gasteiger partial charge in [-0.3, -0.25) is 0 Å². The molecule has 112 valence electrons. The van der Waals surface area contributed by atoms with Gasteiger partial charge in [-0.2, -0.15) is 5.26 Å². The van der Waals surface area contributed by atoms with Crippen LogP contribution in [0.5, 0.6) is 0 Å². The van der Waals surface area contributed by atoms with Crippen LogP contribution in [-0.2, 0) is 0 Å². The molecule has 0 aliphatic heterocycles. The summed E-state index contributed by atoms with van der Waals surface area (Å²) in [5, 5.41) is 23.1. The van der Waals surface area contributed by atoms with Gasteiger partial charge >= 0.3 is 0 Å². The van der Waals surface area contributed by atoms with E-state index in [1.54, 1.807) is 12.1 Å². The highest BCUT2D eigenvalue weighted by molar-refractivity contribution is 14.2. The summed E-state index contributed by atoms with van der Waals surface area (Å²) in [5.74, 6) is -0.507. The first-order valence-corrected chi connectivity index (χ1v) is 10.5. The molecule has 0 aromatic heterocycles. The Morgan fingerprint density at radius 2 is 2.00 bits per heavy atom. The van der Waals surface area contributed by atoms with Gasteiger partial charge in [0, 0.05) is 28.9 Å². The van der Waals surface area contributed by atoms with E-state index >= 15 is 0 Å². The molecule has 0 saturated carbocycles. The zero-order chi connectivity index (χ0) is 16.1. The number of nitrogens with zero attached hydrogens (tertiary/aromatic N) is 1. The van der Waals surface area contributed by atoms with Crippen LogP contribution in [-0.4, -0.2) is 6.21 Å². The summed E-state index contributed by atoms with van der Waals surface area (Å²) >= 11 is 8.27. The molecule has 0 aliphatic carbocycles. The Labute approximate surface area is 146 Å². The molecule has 22 heavy (non-hydrogen) atoms. The minimum absolute atomic E-state index is 0.216. The van der Waals surface area contributed by atoms with Crippen molar-refractivity contribution in [3.05, 3.63) is 52.3 Å². The van der Waals surface area contributed by atoms with Gasteiger partial charge in [0.15, 0.2) is 0 Å². The number of nitriles is 1. The molecule has 0 saturated heterocycles. The van der Waals surface area contributed by atoms with Crippen molar-refractivity contribution in [2.75, 3.05) is 10.4 Å². The van der Waals surface area contributed by atoms with Crippen molar-refractivity contribution in [1.82, 2.24) is 0 Å². The molecule has 0 heterocycles. The predicted molar refractivity (Wildman–Crippen MR) is 99.7 cm³/mol. The zero-order valence-corrected chi connectivity index (χ0v) is 15.0. The Bertz CT molecular complexity index is 763. The highest BCUT2D eigenvalue weighted by Crippen LogP contribution is 2.34. The third-order valence-electron chi connectivity index (χ3n) is 2.78. The van der Waals surface area contributed by atoms with Crippen molar-refractivity contribution in [2.24, 2.45) is 0 Å². The molecule has 1 atom stereocenters. The lowest BCUT2D eigenvalue weighted by Gasteiger charge is -2.15. The number of halogens is 3. The second kappa shape index (κ2) is 7.73. The lowest BCUT2D eigenvalue weighted by atomic mass is 10.1. The minimum atomic E-state index is -0.507. The quantitative estimate of drug-likeness (QED) is 0.325. The highest BCUT2D eigenvalue weighted by atomic mass is 127. The summed E-state index contributed by atoms with van der Waals surface area (Å²) in [6, 6.07) is 9.25. The fourth-order valence-corrected chi connectivity index (χ4v) is 3.31. The Hall–Kier alpha value is -1.42. The second-order valence-corrected chi connectivity index (χ2v) is 6.74. The van der Waals surface area contributed by atoms with Gasteiger partial charge in [0.1, 0.15) is 5.82 Å². The molecule has 0 radical (unpaired) electrons. The van der Waals surface area contributed by atoms with E-state index < -0.39 is 5.82 Å². The van der Waals surface area contributed by atoms with Crippen molar-refractivity contribution in [3.8, 4) is 6.07 Å². The van der Waals surface area contributed by atoms with Crippen molar-refractivity contribution >= 4 is 63.3 Å². The Kier molecular flexibility index (Phi) is 5.95. The van der Waals surface area contributed by atoms with Gasteiger partial charge in [0.05, 0.1) is 23.0 Å². The summed E-state index contributed by atoms with van der Waals surface area (Å²) in [7, 11) is 0. The topological polar surface area (TPSA) is 71.7 Å². The van der Waals surface area contributed by atoms with Gasteiger partial charge in [-0.25, -0.2) is 4.39 Å². The highest BCUT2D eigenvalue weighted by Gasteiger charge is 2.10. The monoisotopic (exact) mass is 446 g/mol. The Balaban J connectivity index is 2.47. The predicted octanol–water partition coefficient (Wildman–Crippen LogP) is 5.45. The van der Waals surface area contributed by atoms with Gasteiger partial charge in [0.2, 0.25) is 0 Å². The van der Waals surface area contributed by atoms with Crippen LogP contribution in [0, 0.1) is 22.6 Å². The van der Waals surface area contributed by atoms with Gasteiger partial charge < -0.3 is 15.8 Å². The van der Waals surface area contributed by atoms with Crippen LogP contribution in [0.15, 0.2) is 30.3 Å². The maximum Gasteiger partial charge on any atom is 0.126 e. The fraction of sp³-hybridized carbons (Fsp3) is 0. The average molecular weight is 447 g/mol. The molecule has 2 aromatic rings. The molecule has 2 aromatic carbocycles. The molecular weight excluding hydrogens is 437 g/mol. The van der Waals surface area contributed by atoms with Crippen molar-refractivity contribution in [2.45, 2.75) is 0 Å². The summed E-state index contributed by atoms with van der Waals surface area (Å²) in [6.45, 7) is 0. The molecule has 0 aliphatic rings. The van der Waals surface area contributed by atoms with E-state index in [1.807, 2.05) is 6.07 Å². The zero-order valence-electron chi connectivity index (χ0n) is 11.0. The molecular formula is C14H10ClFIN4P. The first kappa shape index (κ1) is 16.9. The first-order chi connectivity index (χ1) is 10.6. The van der Waals surface area contributed by atoms with E-state index in [4.69, 9.17) is 22.3 Å². The van der Waals surface area contributed by atoms with E-state index in [1.165, 1.54) is 18.3 Å². The van der Waals surface area contributed by atoms with E-state index in [0.29, 0.717) is 28.3 Å². The number of benzene rings is 2. The third-order valence-corrected chi connectivity index (χ3v) is 4.17. The summed E-state index contributed by atoms with van der Waals surface area (Å²) in [6.07, 6.45) is 1.62. The third kappa shape index (κ3) is 4.07. The molecule has 0 bridgehead atoms. The van der Waals surface area contributed by atoms with E-state index in [-0.39, 0.29) is 5.56 Å². The summed E-state index contributed by atoms with van der Waals surface area (Å²) < 4.78 is 13.5. The lowest BCUT2D eigenvalue weighted by molar-refractivity contribution is 0.628. The molecule has 8 heteroatoms. The second-order valence-electron chi connectivity index (χ2n) is 4.24. The van der Waals surface area contributed by atoms with E-state index in [0.717, 1.165) is 11.8 Å². The first-order valence-electron chi connectivity index (χ1n) is 6.00. The Morgan fingerprint density at radius 3 is 2.64 bits per heavy atom. The van der Waals surface area contributed by atoms with Crippen LogP contribution in [0.25, 0.3) is 0 Å². The molecule has 1 unspecified atom stereocenters. The van der Waals surface area contributed by atoms with Crippen LogP contribution in [0.4, 0.5) is 21.5 Å². The average Bonchev–Trinajstić information content (AvgIpc) is 2.46. The van der Waals surface area contributed by atoms with Gasteiger partial charge in [-0.15, -0.1) is 0 Å². The maximum absolute atomic E-state index is 13.5. The van der Waals surface area contributed by atoms with Crippen LogP contribution < -0.4 is 10.4 Å². The summed E-state index contributed by atoms with van der Waals surface area (Å²) in [5.41, 5.74) is 2.53. The largest absolute Gasteiger partial charge is 0.358 e. The van der Waals surface area contributed by atoms with Gasteiger partial charge in [0.25, 0.3) is 0 Å². The molecule has 4 nitrogen and oxygen atoms in total. The molecule has 0 fully saturated rings. The van der Waals surface area contributed by atoms with Crippen LogP contribution in [0.1, 0.15) is 11.1 Å². The number of nitrogens with one attached hydrogen (secondary N) is 3. The number of rotatable bonds is 5. The fourth-order valence-electron chi connectivity index (χ4n) is 1.91. The number of hydrogen-bond acceptors (Lipinski definition) is 4. The summed E-state index contributed by atoms with van der Waals surface area (Å²) in [4.78, 5) is 0. The van der Waals surface area contributed by atoms with Crippen LogP contribution in [0.3, 0.4) is 0 Å². The molecule has 0 spiro atoms. The normalized spacial score (nSPS) is 10.5. The van der Waals surface area contributed by atoms with Gasteiger partial charge in [-0.05, 0) is 52.4 Å². The SMILES string of the molecule is N#Cc1cc(F)cc(Nc2cc(Cl)cc(NPI)c2C=N)c1. The van der Waals surface area contributed by atoms with Gasteiger partial charge in [-0.1, -0.05) is 11.6 Å². The van der Waals surface area contributed by atoms with Crippen LogP contribution in [0.2, 0.25) is 5.02 Å². The lowest BCUT2D eigenvalue weighted by Crippen LogP contribution is -2.00. The molecule has 3 N–H and O–H groups in total. The van der Waals surface area contributed by atoms with E-state index in [9.17, 15) is 4.39 Å².